The zero-order valence-corrected chi connectivity index (χ0v) is 20.8. The van der Waals surface area contributed by atoms with Crippen LogP contribution in [0.15, 0.2) is 24.3 Å². The molecule has 0 rings (SSSR count). The van der Waals surface area contributed by atoms with Gasteiger partial charge in [0.05, 0.1) is 0 Å². The highest BCUT2D eigenvalue weighted by atomic mass is 16.4. The van der Waals surface area contributed by atoms with Crippen LogP contribution in [0, 0.1) is 0 Å². The molecule has 0 aromatic rings. The number of hydrogen-bond donors (Lipinski definition) is 3. The van der Waals surface area contributed by atoms with Crippen molar-refractivity contribution < 1.29 is 29.7 Å². The predicted octanol–water partition coefficient (Wildman–Crippen LogP) is 7.77. The zero-order chi connectivity index (χ0) is 25.0. The Hall–Kier alpha value is -2.11. The van der Waals surface area contributed by atoms with Gasteiger partial charge in [0.2, 0.25) is 0 Å². The molecule has 3 N–H and O–H groups in total. The molecule has 0 saturated heterocycles. The Morgan fingerprint density at radius 3 is 1.18 bits per heavy atom. The second-order valence-electron chi connectivity index (χ2n) is 8.43. The maximum atomic E-state index is 10.3. The fourth-order valence-electron chi connectivity index (χ4n) is 3.17. The van der Waals surface area contributed by atoms with Gasteiger partial charge in [-0.25, -0.2) is 0 Å². The summed E-state index contributed by atoms with van der Waals surface area (Å²) in [7, 11) is 0. The summed E-state index contributed by atoms with van der Waals surface area (Å²) in [4.78, 5) is 30.5. The van der Waals surface area contributed by atoms with E-state index in [2.05, 4.69) is 31.2 Å². The van der Waals surface area contributed by atoms with Gasteiger partial charge in [-0.15, -0.1) is 0 Å². The van der Waals surface area contributed by atoms with E-state index in [-0.39, 0.29) is 12.8 Å². The van der Waals surface area contributed by atoms with Crippen LogP contribution in [-0.4, -0.2) is 33.2 Å². The Morgan fingerprint density at radius 2 is 0.818 bits per heavy atom. The zero-order valence-electron chi connectivity index (χ0n) is 20.8. The Morgan fingerprint density at radius 1 is 0.485 bits per heavy atom. The summed E-state index contributed by atoms with van der Waals surface area (Å²) < 4.78 is 0. The Balaban J connectivity index is 0. The van der Waals surface area contributed by atoms with Gasteiger partial charge in [0.1, 0.15) is 0 Å². The van der Waals surface area contributed by atoms with Crippen LogP contribution in [0.3, 0.4) is 0 Å². The standard InChI is InChI=1S/C18H32O2.C9H16O4/c1-2-3-4-5-6-7-8-9-10-11-12-13-14-15-16-17-18(19)20;10-8(11)6-4-2-1-3-5-7-9(12)13/h6-7,9-10H,2-5,8,11-17H2,1H3,(H,19,20);1-7H2,(H,10,11)(H,12,13)/b7-6-,10-9-;. The van der Waals surface area contributed by atoms with Crippen LogP contribution in [0.4, 0.5) is 0 Å². The number of carboxylic acid groups (broad SMARTS) is 3. The monoisotopic (exact) mass is 468 g/mol. The van der Waals surface area contributed by atoms with Crippen LogP contribution in [-0.2, 0) is 14.4 Å². The lowest BCUT2D eigenvalue weighted by Crippen LogP contribution is -1.95. The number of rotatable bonds is 22. The van der Waals surface area contributed by atoms with E-state index in [9.17, 15) is 14.4 Å². The van der Waals surface area contributed by atoms with E-state index in [4.69, 9.17) is 15.3 Å². The van der Waals surface area contributed by atoms with Gasteiger partial charge < -0.3 is 15.3 Å². The van der Waals surface area contributed by atoms with Gasteiger partial charge in [-0.2, -0.15) is 0 Å². The first kappa shape index (κ1) is 33.1. The van der Waals surface area contributed by atoms with Crippen LogP contribution in [0.2, 0.25) is 0 Å². The van der Waals surface area contributed by atoms with E-state index in [1.54, 1.807) is 0 Å². The minimum Gasteiger partial charge on any atom is -0.481 e. The van der Waals surface area contributed by atoms with Crippen LogP contribution in [0.25, 0.3) is 0 Å². The molecule has 0 amide bonds. The molecule has 0 unspecified atom stereocenters. The molecule has 33 heavy (non-hydrogen) atoms. The van der Waals surface area contributed by atoms with Crippen molar-refractivity contribution in [2.45, 2.75) is 129 Å². The molecule has 0 fully saturated rings. The molecule has 0 aliphatic heterocycles. The summed E-state index contributed by atoms with van der Waals surface area (Å²) >= 11 is 0. The molecule has 0 radical (unpaired) electrons. The Labute approximate surface area is 201 Å². The Bertz CT molecular complexity index is 507. The summed E-state index contributed by atoms with van der Waals surface area (Å²) in [5.74, 6) is -2.19. The molecule has 6 nitrogen and oxygen atoms in total. The van der Waals surface area contributed by atoms with Gasteiger partial charge in [0.25, 0.3) is 0 Å². The Kier molecular flexibility index (Phi) is 28.0. The number of unbranched alkanes of at least 4 members (excludes halogenated alkanes) is 12. The summed E-state index contributed by atoms with van der Waals surface area (Å²) in [5.41, 5.74) is 0. The van der Waals surface area contributed by atoms with E-state index in [0.29, 0.717) is 19.3 Å². The highest BCUT2D eigenvalue weighted by Crippen LogP contribution is 2.08. The summed E-state index contributed by atoms with van der Waals surface area (Å²) in [6.45, 7) is 2.23. The van der Waals surface area contributed by atoms with Crippen molar-refractivity contribution in [3.05, 3.63) is 24.3 Å². The number of carbonyl (C=O) groups is 3. The molecule has 0 aromatic heterocycles. The second-order valence-corrected chi connectivity index (χ2v) is 8.43. The SMILES string of the molecule is CCCCC/C=C\C/C=C\CCCCCCCC(=O)O.O=C(O)CCCCCCCC(=O)O. The van der Waals surface area contributed by atoms with Crippen LogP contribution >= 0.6 is 0 Å². The number of aliphatic carboxylic acids is 3. The van der Waals surface area contributed by atoms with Crippen molar-refractivity contribution in [3.8, 4) is 0 Å². The molecule has 0 aliphatic rings. The smallest absolute Gasteiger partial charge is 0.303 e. The lowest BCUT2D eigenvalue weighted by Gasteiger charge is -1.98. The van der Waals surface area contributed by atoms with Gasteiger partial charge in [-0.3, -0.25) is 14.4 Å². The molecular formula is C27H48O6. The fraction of sp³-hybridized carbons (Fsp3) is 0.741. The fourth-order valence-corrected chi connectivity index (χ4v) is 3.17. The average Bonchev–Trinajstić information content (AvgIpc) is 2.75. The minimum atomic E-state index is -0.759. The molecule has 0 atom stereocenters. The number of allylic oxidation sites excluding steroid dienone is 4. The van der Waals surface area contributed by atoms with Crippen molar-refractivity contribution >= 4 is 17.9 Å². The maximum Gasteiger partial charge on any atom is 0.303 e. The van der Waals surface area contributed by atoms with Crippen molar-refractivity contribution in [2.24, 2.45) is 0 Å². The van der Waals surface area contributed by atoms with E-state index in [0.717, 1.165) is 44.9 Å². The lowest BCUT2D eigenvalue weighted by atomic mass is 10.1. The molecular weight excluding hydrogens is 420 g/mol. The molecule has 6 heteroatoms. The van der Waals surface area contributed by atoms with Gasteiger partial charge in [-0.1, -0.05) is 82.6 Å². The van der Waals surface area contributed by atoms with E-state index in [1.807, 2.05) is 0 Å². The highest BCUT2D eigenvalue weighted by molar-refractivity contribution is 5.67. The van der Waals surface area contributed by atoms with E-state index < -0.39 is 17.9 Å². The number of carboxylic acids is 3. The molecule has 0 spiro atoms. The van der Waals surface area contributed by atoms with Crippen LogP contribution in [0.5, 0.6) is 0 Å². The largest absolute Gasteiger partial charge is 0.481 e. The normalized spacial score (nSPS) is 10.9. The maximum absolute atomic E-state index is 10.3. The van der Waals surface area contributed by atoms with E-state index >= 15 is 0 Å². The quantitative estimate of drug-likeness (QED) is 0.110. The van der Waals surface area contributed by atoms with Gasteiger partial charge >= 0.3 is 17.9 Å². The van der Waals surface area contributed by atoms with Crippen molar-refractivity contribution in [1.29, 1.82) is 0 Å². The van der Waals surface area contributed by atoms with Gasteiger partial charge in [0.15, 0.2) is 0 Å². The number of hydrogen-bond acceptors (Lipinski definition) is 3. The molecule has 0 heterocycles. The third-order valence-electron chi connectivity index (χ3n) is 5.12. The topological polar surface area (TPSA) is 112 Å². The lowest BCUT2D eigenvalue weighted by molar-refractivity contribution is -0.138. The van der Waals surface area contributed by atoms with Crippen LogP contribution < -0.4 is 0 Å². The van der Waals surface area contributed by atoms with Crippen molar-refractivity contribution in [1.82, 2.24) is 0 Å². The van der Waals surface area contributed by atoms with Crippen LogP contribution in [0.1, 0.15) is 129 Å². The second kappa shape index (κ2) is 27.9. The van der Waals surface area contributed by atoms with Gasteiger partial charge in [-0.05, 0) is 51.4 Å². The third-order valence-corrected chi connectivity index (χ3v) is 5.12. The highest BCUT2D eigenvalue weighted by Gasteiger charge is 1.98. The molecule has 0 bridgehead atoms. The average molecular weight is 469 g/mol. The molecule has 0 aromatic carbocycles. The first-order valence-electron chi connectivity index (χ1n) is 12.9. The van der Waals surface area contributed by atoms with Gasteiger partial charge in [0, 0.05) is 19.3 Å². The first-order chi connectivity index (χ1) is 15.9. The molecule has 192 valence electrons. The third kappa shape index (κ3) is 37.5. The van der Waals surface area contributed by atoms with Crippen molar-refractivity contribution in [3.63, 3.8) is 0 Å². The predicted molar refractivity (Wildman–Crippen MR) is 135 cm³/mol. The summed E-state index contributed by atoms with van der Waals surface area (Å²) in [6, 6.07) is 0. The van der Waals surface area contributed by atoms with Crippen molar-refractivity contribution in [2.75, 3.05) is 0 Å². The summed E-state index contributed by atoms with van der Waals surface area (Å²) in [6.07, 6.45) is 26.8. The molecule has 0 saturated carbocycles. The summed E-state index contributed by atoms with van der Waals surface area (Å²) in [5, 5.41) is 25.1. The van der Waals surface area contributed by atoms with E-state index in [1.165, 1.54) is 44.9 Å². The minimum absolute atomic E-state index is 0.221. The first-order valence-corrected chi connectivity index (χ1v) is 12.9. The molecule has 0 aliphatic carbocycles.